The Balaban J connectivity index is 2.05. The van der Waals surface area contributed by atoms with Gasteiger partial charge in [-0.1, -0.05) is 0 Å². The first-order valence-electron chi connectivity index (χ1n) is 5.01. The number of amides is 1. The van der Waals surface area contributed by atoms with E-state index in [-0.39, 0.29) is 17.2 Å². The van der Waals surface area contributed by atoms with Crippen molar-refractivity contribution < 1.29 is 13.2 Å². The summed E-state index contributed by atoms with van der Waals surface area (Å²) in [5.41, 5.74) is 0.251. The van der Waals surface area contributed by atoms with Crippen molar-refractivity contribution in [1.82, 2.24) is 14.9 Å². The highest BCUT2D eigenvalue weighted by atomic mass is 35.5. The highest BCUT2D eigenvalue weighted by Gasteiger charge is 2.37. The Labute approximate surface area is 104 Å². The van der Waals surface area contributed by atoms with Crippen LogP contribution in [-0.4, -0.2) is 46.8 Å². The summed E-state index contributed by atoms with van der Waals surface area (Å²) < 4.78 is 24.3. The molecule has 1 aliphatic heterocycles. The van der Waals surface area contributed by atoms with Crippen LogP contribution in [0.4, 0.5) is 0 Å². The van der Waals surface area contributed by atoms with Gasteiger partial charge in [-0.25, -0.2) is 13.4 Å². The van der Waals surface area contributed by atoms with E-state index in [4.69, 9.17) is 11.6 Å². The minimum Gasteiger partial charge on any atom is -0.345 e. The van der Waals surface area contributed by atoms with E-state index in [1.54, 1.807) is 17.8 Å². The summed E-state index contributed by atoms with van der Waals surface area (Å²) in [4.78, 5) is 15.6. The predicted octanol–water partition coefficient (Wildman–Crippen LogP) is -0.446. The second kappa shape index (κ2) is 4.30. The third-order valence-electron chi connectivity index (χ3n) is 2.54. The molecule has 1 aromatic rings. The number of imidazole rings is 1. The van der Waals surface area contributed by atoms with Crippen LogP contribution in [0.15, 0.2) is 12.5 Å². The first-order valence-corrected chi connectivity index (χ1v) is 7.26. The van der Waals surface area contributed by atoms with Crippen LogP contribution in [-0.2, 0) is 16.9 Å². The lowest BCUT2D eigenvalue weighted by Gasteiger charge is -2.12. The number of nitrogens with zero attached hydrogens (tertiary/aromatic N) is 2. The van der Waals surface area contributed by atoms with Gasteiger partial charge in [-0.15, -0.1) is 11.6 Å². The maximum absolute atomic E-state index is 11.7. The van der Waals surface area contributed by atoms with Gasteiger partial charge in [0.2, 0.25) is 0 Å². The van der Waals surface area contributed by atoms with E-state index < -0.39 is 27.2 Å². The zero-order valence-corrected chi connectivity index (χ0v) is 10.7. The number of hydrogen-bond donors (Lipinski definition) is 1. The minimum atomic E-state index is -3.14. The Kier molecular flexibility index (Phi) is 3.13. The molecule has 2 unspecified atom stereocenters. The normalized spacial score (nSPS) is 26.9. The average Bonchev–Trinajstić information content (AvgIpc) is 2.71. The number of rotatable bonds is 2. The van der Waals surface area contributed by atoms with Crippen molar-refractivity contribution in [2.45, 2.75) is 11.4 Å². The molecular formula is C9H12ClN3O3S. The maximum atomic E-state index is 11.7. The molecule has 0 aliphatic carbocycles. The summed E-state index contributed by atoms with van der Waals surface area (Å²) in [7, 11) is -1.40. The maximum Gasteiger partial charge on any atom is 0.271 e. The van der Waals surface area contributed by atoms with Gasteiger partial charge in [0, 0.05) is 13.2 Å². The molecule has 0 bridgehead atoms. The molecule has 1 amide bonds. The van der Waals surface area contributed by atoms with Gasteiger partial charge in [0.1, 0.15) is 5.69 Å². The molecule has 6 nitrogen and oxygen atoms in total. The van der Waals surface area contributed by atoms with Crippen molar-refractivity contribution in [3.8, 4) is 0 Å². The number of aromatic nitrogens is 2. The lowest BCUT2D eigenvalue weighted by atomic mass is 10.2. The van der Waals surface area contributed by atoms with Gasteiger partial charge >= 0.3 is 0 Å². The number of aryl methyl sites for hydroxylation is 1. The summed E-state index contributed by atoms with van der Waals surface area (Å²) in [5.74, 6) is -0.611. The minimum absolute atomic E-state index is 0.0955. The highest BCUT2D eigenvalue weighted by molar-refractivity contribution is 7.91. The van der Waals surface area contributed by atoms with Crippen molar-refractivity contribution in [3.05, 3.63) is 18.2 Å². The number of carbonyl (C=O) groups is 1. The van der Waals surface area contributed by atoms with Gasteiger partial charge < -0.3 is 9.88 Å². The van der Waals surface area contributed by atoms with Gasteiger partial charge in [-0.05, 0) is 0 Å². The zero-order chi connectivity index (χ0) is 12.6. The van der Waals surface area contributed by atoms with E-state index in [1.807, 2.05) is 0 Å². The Morgan fingerprint density at radius 2 is 2.29 bits per heavy atom. The van der Waals surface area contributed by atoms with Crippen LogP contribution in [0.3, 0.4) is 0 Å². The fourth-order valence-corrected chi connectivity index (χ4v) is 4.26. The van der Waals surface area contributed by atoms with Crippen LogP contribution in [0.5, 0.6) is 0 Å². The highest BCUT2D eigenvalue weighted by Crippen LogP contribution is 2.18. The van der Waals surface area contributed by atoms with Crippen molar-refractivity contribution in [1.29, 1.82) is 0 Å². The fourth-order valence-electron chi connectivity index (χ4n) is 1.71. The third-order valence-corrected chi connectivity index (χ3v) is 4.91. The molecule has 1 aliphatic rings. The standard InChI is InChI=1S/C9H12ClN3O3S/c1-13-2-7(11-5-13)9(14)12-8-4-17(15,16)3-6(8)10/h2,5-6,8H,3-4H2,1H3,(H,12,14). The summed E-state index contributed by atoms with van der Waals surface area (Å²) >= 11 is 5.88. The lowest BCUT2D eigenvalue weighted by Crippen LogP contribution is -2.40. The Hall–Kier alpha value is -1.08. The van der Waals surface area contributed by atoms with Gasteiger partial charge in [-0.2, -0.15) is 0 Å². The predicted molar refractivity (Wildman–Crippen MR) is 62.8 cm³/mol. The second-order valence-corrected chi connectivity index (χ2v) is 6.81. The van der Waals surface area contributed by atoms with Crippen LogP contribution >= 0.6 is 11.6 Å². The number of alkyl halides is 1. The van der Waals surface area contributed by atoms with E-state index in [0.29, 0.717) is 0 Å². The number of nitrogens with one attached hydrogen (secondary N) is 1. The van der Waals surface area contributed by atoms with Crippen LogP contribution in [0, 0.1) is 0 Å². The van der Waals surface area contributed by atoms with Crippen molar-refractivity contribution in [3.63, 3.8) is 0 Å². The van der Waals surface area contributed by atoms with Crippen LogP contribution in [0.2, 0.25) is 0 Å². The lowest BCUT2D eigenvalue weighted by molar-refractivity contribution is 0.0937. The SMILES string of the molecule is Cn1cnc(C(=O)NC2CS(=O)(=O)CC2Cl)c1. The van der Waals surface area contributed by atoms with Crippen molar-refractivity contribution >= 4 is 27.3 Å². The molecule has 0 radical (unpaired) electrons. The molecule has 17 heavy (non-hydrogen) atoms. The van der Waals surface area contributed by atoms with E-state index in [0.717, 1.165) is 0 Å². The topological polar surface area (TPSA) is 81.1 Å². The summed E-state index contributed by atoms with van der Waals surface area (Å²) in [6.45, 7) is 0. The monoisotopic (exact) mass is 277 g/mol. The molecule has 2 rings (SSSR count). The molecule has 0 saturated carbocycles. The van der Waals surface area contributed by atoms with Gasteiger partial charge in [-0.3, -0.25) is 4.79 Å². The largest absolute Gasteiger partial charge is 0.345 e. The van der Waals surface area contributed by atoms with Crippen LogP contribution < -0.4 is 5.32 Å². The van der Waals surface area contributed by atoms with Gasteiger partial charge in [0.05, 0.1) is 29.3 Å². The summed E-state index contributed by atoms with van der Waals surface area (Å²) in [5, 5.41) is 2.01. The molecule has 2 atom stereocenters. The Bertz CT molecular complexity index is 539. The average molecular weight is 278 g/mol. The number of hydrogen-bond acceptors (Lipinski definition) is 4. The first-order chi connectivity index (χ1) is 7.87. The quantitative estimate of drug-likeness (QED) is 0.743. The number of sulfone groups is 1. The van der Waals surface area contributed by atoms with Crippen molar-refractivity contribution in [2.75, 3.05) is 11.5 Å². The Morgan fingerprint density at radius 3 is 2.76 bits per heavy atom. The molecule has 0 aromatic carbocycles. The number of halogens is 1. The molecule has 2 heterocycles. The molecule has 94 valence electrons. The fraction of sp³-hybridized carbons (Fsp3) is 0.556. The second-order valence-electron chi connectivity index (χ2n) is 4.10. The van der Waals surface area contributed by atoms with Gasteiger partial charge in [0.15, 0.2) is 9.84 Å². The van der Waals surface area contributed by atoms with E-state index in [1.165, 1.54) is 6.33 Å². The molecule has 0 spiro atoms. The first kappa shape index (κ1) is 12.4. The van der Waals surface area contributed by atoms with Crippen LogP contribution in [0.1, 0.15) is 10.5 Å². The molecule has 1 aromatic heterocycles. The van der Waals surface area contributed by atoms with Crippen LogP contribution in [0.25, 0.3) is 0 Å². The van der Waals surface area contributed by atoms with E-state index >= 15 is 0 Å². The smallest absolute Gasteiger partial charge is 0.271 e. The van der Waals surface area contributed by atoms with Gasteiger partial charge in [0.25, 0.3) is 5.91 Å². The molecule has 8 heteroatoms. The molecule has 1 N–H and O–H groups in total. The molecule has 1 fully saturated rings. The summed E-state index contributed by atoms with van der Waals surface area (Å²) in [6, 6.07) is -0.545. The molecule has 1 saturated heterocycles. The van der Waals surface area contributed by atoms with E-state index in [9.17, 15) is 13.2 Å². The van der Waals surface area contributed by atoms with Crippen molar-refractivity contribution in [2.24, 2.45) is 7.05 Å². The third kappa shape index (κ3) is 2.78. The Morgan fingerprint density at radius 1 is 1.59 bits per heavy atom. The molecular weight excluding hydrogens is 266 g/mol. The summed E-state index contributed by atoms with van der Waals surface area (Å²) in [6.07, 6.45) is 3.06. The zero-order valence-electron chi connectivity index (χ0n) is 9.13. The van der Waals surface area contributed by atoms with E-state index in [2.05, 4.69) is 10.3 Å². The number of carbonyl (C=O) groups excluding carboxylic acids is 1.